The van der Waals surface area contributed by atoms with Crippen LogP contribution in [0.4, 0.5) is 23.4 Å². The van der Waals surface area contributed by atoms with Gasteiger partial charge in [-0.3, -0.25) is 9.69 Å². The quantitative estimate of drug-likeness (QED) is 0.207. The fraction of sp³-hybridized carbons (Fsp3) is 0.241. The molecule has 0 aliphatic carbocycles. The van der Waals surface area contributed by atoms with Gasteiger partial charge in [-0.1, -0.05) is 24.3 Å². The van der Waals surface area contributed by atoms with Crippen LogP contribution < -0.4 is 11.1 Å². The van der Waals surface area contributed by atoms with Gasteiger partial charge in [-0.05, 0) is 65.1 Å². The molecule has 2 atom stereocenters. The summed E-state index contributed by atoms with van der Waals surface area (Å²) in [5.74, 6) is 0.0368. The van der Waals surface area contributed by atoms with Gasteiger partial charge in [-0.2, -0.15) is 13.2 Å². The number of fused-ring (bicyclic) bond motifs is 1. The van der Waals surface area contributed by atoms with Crippen LogP contribution in [0.2, 0.25) is 0 Å². The van der Waals surface area contributed by atoms with Crippen molar-refractivity contribution >= 4 is 28.8 Å². The van der Waals surface area contributed by atoms with Crippen LogP contribution in [0.5, 0.6) is 0 Å². The number of likely N-dealkylation sites (tertiary alicyclic amines) is 1. The van der Waals surface area contributed by atoms with E-state index in [1.54, 1.807) is 47.4 Å². The summed E-state index contributed by atoms with van der Waals surface area (Å²) >= 11 is 0. The number of hydrogen-bond acceptors (Lipinski definition) is 6. The number of rotatable bonds is 7. The fourth-order valence-electron chi connectivity index (χ4n) is 4.61. The van der Waals surface area contributed by atoms with Crippen LogP contribution >= 0.6 is 0 Å². The maximum absolute atomic E-state index is 14.0. The monoisotopic (exact) mass is 554 g/mol. The lowest BCUT2D eigenvalue weighted by Crippen LogP contribution is -2.26. The number of alkyl halides is 4. The highest BCUT2D eigenvalue weighted by Gasteiger charge is 2.35. The first-order valence-corrected chi connectivity index (χ1v) is 12.5. The number of furan rings is 1. The summed E-state index contributed by atoms with van der Waals surface area (Å²) in [6.45, 7) is 0.441. The predicted molar refractivity (Wildman–Crippen MR) is 142 cm³/mol. The number of anilines is 1. The molecule has 1 unspecified atom stereocenters. The lowest BCUT2D eigenvalue weighted by atomic mass is 9.99. The molecule has 7 nitrogen and oxygen atoms in total. The number of amides is 1. The van der Waals surface area contributed by atoms with E-state index in [1.165, 1.54) is 24.4 Å². The van der Waals surface area contributed by atoms with Gasteiger partial charge in [0.25, 0.3) is 0 Å². The molecule has 40 heavy (non-hydrogen) atoms. The summed E-state index contributed by atoms with van der Waals surface area (Å²) in [7, 11) is 0. The average Bonchev–Trinajstić information content (AvgIpc) is 3.56. The minimum Gasteiger partial charge on any atom is -0.459 e. The van der Waals surface area contributed by atoms with E-state index in [2.05, 4.69) is 10.3 Å². The number of benzene rings is 2. The zero-order valence-corrected chi connectivity index (χ0v) is 21.2. The molecular weight excluding hydrogens is 528 g/mol. The molecule has 208 valence electrons. The van der Waals surface area contributed by atoms with Crippen molar-refractivity contribution in [3.8, 4) is 11.1 Å². The van der Waals surface area contributed by atoms with Crippen LogP contribution in [0.25, 0.3) is 28.2 Å². The number of aliphatic hydroxyl groups is 1. The van der Waals surface area contributed by atoms with Gasteiger partial charge in [0.05, 0.1) is 12.1 Å². The molecule has 4 aromatic rings. The molecule has 11 heteroatoms. The lowest BCUT2D eigenvalue weighted by Gasteiger charge is -2.22. The number of hydrogen-bond donors (Lipinski definition) is 3. The van der Waals surface area contributed by atoms with Crippen molar-refractivity contribution in [2.24, 2.45) is 0 Å². The second-order valence-corrected chi connectivity index (χ2v) is 9.60. The molecule has 3 heterocycles. The molecule has 1 aliphatic rings. The van der Waals surface area contributed by atoms with Gasteiger partial charge in [0.2, 0.25) is 5.91 Å². The van der Waals surface area contributed by atoms with Gasteiger partial charge in [0.15, 0.2) is 0 Å². The van der Waals surface area contributed by atoms with Crippen LogP contribution in [0, 0.1) is 0 Å². The van der Waals surface area contributed by atoms with E-state index in [4.69, 9.17) is 10.2 Å². The third-order valence-electron chi connectivity index (χ3n) is 6.70. The Morgan fingerprint density at radius 3 is 2.60 bits per heavy atom. The van der Waals surface area contributed by atoms with Gasteiger partial charge >= 0.3 is 6.18 Å². The number of pyridine rings is 1. The summed E-state index contributed by atoms with van der Waals surface area (Å²) < 4.78 is 61.0. The van der Waals surface area contributed by atoms with E-state index in [0.29, 0.717) is 41.0 Å². The normalized spacial score (nSPS) is 17.1. The lowest BCUT2D eigenvalue weighted by molar-refractivity contribution is -0.136. The van der Waals surface area contributed by atoms with E-state index < -0.39 is 30.0 Å². The van der Waals surface area contributed by atoms with Crippen molar-refractivity contribution in [3.63, 3.8) is 0 Å². The number of aromatic nitrogens is 1. The summed E-state index contributed by atoms with van der Waals surface area (Å²) in [5.41, 5.74) is 6.26. The highest BCUT2D eigenvalue weighted by atomic mass is 19.4. The molecule has 0 radical (unpaired) electrons. The van der Waals surface area contributed by atoms with E-state index in [9.17, 15) is 27.5 Å². The number of halogens is 4. The average molecular weight is 555 g/mol. The summed E-state index contributed by atoms with van der Waals surface area (Å²) in [5, 5.41) is 13.4. The number of carbonyl (C=O) groups is 1. The molecule has 4 N–H and O–H groups in total. The van der Waals surface area contributed by atoms with Crippen molar-refractivity contribution < 1.29 is 31.9 Å². The molecule has 2 aromatic carbocycles. The summed E-state index contributed by atoms with van der Waals surface area (Å²) in [6, 6.07) is 13.8. The Kier molecular flexibility index (Phi) is 7.59. The first-order valence-electron chi connectivity index (χ1n) is 12.5. The first-order chi connectivity index (χ1) is 19.1. The molecule has 1 amide bonds. The Morgan fingerprint density at radius 2 is 1.95 bits per heavy atom. The highest BCUT2D eigenvalue weighted by molar-refractivity contribution is 5.92. The minimum atomic E-state index is -4.68. The van der Waals surface area contributed by atoms with Crippen LogP contribution in [-0.4, -0.2) is 40.2 Å². The fourth-order valence-corrected chi connectivity index (χ4v) is 4.61. The molecule has 1 saturated heterocycles. The standard InChI is InChI=1S/C29H26F4N4O3/c30-22-9-10-37(16-22)28(39)19-5-3-18(4-6-19)20-11-21-12-23(40-27(21)24(13-20)29(31,32)33)15-36-26(38)8-2-17-1-7-25(34)35-14-17/h1-8,11-14,22,28,39H,9-10,15-16H2,(H2,34,35)(H,36,38)/b8-2+/t22-,28?/m0/s1. The van der Waals surface area contributed by atoms with E-state index in [1.807, 2.05) is 0 Å². The third-order valence-corrected chi connectivity index (χ3v) is 6.70. The van der Waals surface area contributed by atoms with Crippen molar-refractivity contribution in [1.29, 1.82) is 0 Å². The Bertz CT molecular complexity index is 1530. The van der Waals surface area contributed by atoms with Crippen molar-refractivity contribution in [1.82, 2.24) is 15.2 Å². The number of nitrogens with one attached hydrogen (secondary N) is 1. The van der Waals surface area contributed by atoms with Gasteiger partial charge in [-0.15, -0.1) is 0 Å². The van der Waals surface area contributed by atoms with Gasteiger partial charge in [0, 0.05) is 30.7 Å². The topological polar surface area (TPSA) is 105 Å². The van der Waals surface area contributed by atoms with Gasteiger partial charge < -0.3 is 20.6 Å². The molecule has 2 aromatic heterocycles. The number of nitrogen functional groups attached to an aromatic ring is 1. The summed E-state index contributed by atoms with van der Waals surface area (Å²) in [4.78, 5) is 17.7. The number of carbonyl (C=O) groups excluding carboxylic acids is 1. The molecule has 0 bridgehead atoms. The maximum Gasteiger partial charge on any atom is 0.420 e. The van der Waals surface area contributed by atoms with Crippen LogP contribution in [-0.2, 0) is 17.5 Å². The van der Waals surface area contributed by atoms with Crippen LogP contribution in [0.1, 0.15) is 35.1 Å². The number of nitrogens with zero attached hydrogens (tertiary/aromatic N) is 2. The first kappa shape index (κ1) is 27.4. The van der Waals surface area contributed by atoms with E-state index >= 15 is 0 Å². The molecule has 0 saturated carbocycles. The molecule has 1 aliphatic heterocycles. The minimum absolute atomic E-state index is 0.118. The van der Waals surface area contributed by atoms with Gasteiger partial charge in [-0.25, -0.2) is 9.37 Å². The molecule has 1 fully saturated rings. The largest absolute Gasteiger partial charge is 0.459 e. The zero-order valence-electron chi connectivity index (χ0n) is 21.2. The Balaban J connectivity index is 1.34. The van der Waals surface area contributed by atoms with Crippen molar-refractivity contribution in [2.45, 2.75) is 31.5 Å². The van der Waals surface area contributed by atoms with E-state index in [-0.39, 0.29) is 29.8 Å². The molecule has 0 spiro atoms. The second kappa shape index (κ2) is 11.1. The number of nitrogens with two attached hydrogens (primary N) is 1. The maximum atomic E-state index is 14.0. The Hall–Kier alpha value is -4.22. The zero-order chi connectivity index (χ0) is 28.4. The third kappa shape index (κ3) is 6.16. The number of aliphatic hydroxyl groups excluding tert-OH is 1. The second-order valence-electron chi connectivity index (χ2n) is 9.60. The highest BCUT2D eigenvalue weighted by Crippen LogP contribution is 2.39. The molecular formula is C29H26F4N4O3. The Morgan fingerprint density at radius 1 is 1.18 bits per heavy atom. The van der Waals surface area contributed by atoms with Crippen LogP contribution in [0.3, 0.4) is 0 Å². The SMILES string of the molecule is Nc1ccc(/C=C/C(=O)NCc2cc3cc(-c4ccc(C(O)N5CC[C@H](F)C5)cc4)cc(C(F)(F)F)c3o2)cn1. The van der Waals surface area contributed by atoms with Crippen LogP contribution in [0.15, 0.2) is 71.3 Å². The predicted octanol–water partition coefficient (Wildman–Crippen LogP) is 5.46. The smallest absolute Gasteiger partial charge is 0.420 e. The summed E-state index contributed by atoms with van der Waals surface area (Å²) in [6.07, 6.45) is -2.01. The van der Waals surface area contributed by atoms with Gasteiger partial charge in [0.1, 0.15) is 29.6 Å². The molecule has 5 rings (SSSR count). The van der Waals surface area contributed by atoms with Crippen molar-refractivity contribution in [2.75, 3.05) is 18.8 Å². The van der Waals surface area contributed by atoms with Crippen molar-refractivity contribution in [3.05, 3.63) is 89.3 Å². The Labute approximate surface area is 226 Å². The van der Waals surface area contributed by atoms with E-state index in [0.717, 1.165) is 6.07 Å².